The number of nitrogens with one attached hydrogen (secondary N) is 1. The monoisotopic (exact) mass is 452 g/mol. The van der Waals surface area contributed by atoms with Crippen molar-refractivity contribution >= 4 is 15.9 Å². The molecule has 0 aromatic heterocycles. The predicted molar refractivity (Wildman–Crippen MR) is 125 cm³/mol. The van der Waals surface area contributed by atoms with E-state index in [2.05, 4.69) is 5.32 Å². The molecule has 3 aromatic rings. The van der Waals surface area contributed by atoms with E-state index in [1.165, 1.54) is 11.4 Å². The standard InChI is InChI=1S/C25H28N2O4S/c1-4-31-24-15-14-21(25(28)26-17-20-12-10-19(2)11-13-20)16-22(24)18-27(3)32(29,30)23-8-6-5-7-9-23/h5-16H,4,17-18H2,1-3H3,(H,26,28). The van der Waals surface area contributed by atoms with Crippen LogP contribution in [0.3, 0.4) is 0 Å². The second-order valence-corrected chi connectivity index (χ2v) is 9.54. The average Bonchev–Trinajstić information content (AvgIpc) is 2.80. The molecule has 32 heavy (non-hydrogen) atoms. The van der Waals surface area contributed by atoms with E-state index in [4.69, 9.17) is 4.74 Å². The van der Waals surface area contributed by atoms with Gasteiger partial charge in [-0.2, -0.15) is 4.31 Å². The molecule has 1 amide bonds. The van der Waals surface area contributed by atoms with Gasteiger partial charge in [0.05, 0.1) is 11.5 Å². The molecular weight excluding hydrogens is 424 g/mol. The second-order valence-electron chi connectivity index (χ2n) is 7.50. The first kappa shape index (κ1) is 23.5. The van der Waals surface area contributed by atoms with Crippen LogP contribution in [0.1, 0.15) is 34.0 Å². The Morgan fingerprint density at radius 1 is 1.00 bits per heavy atom. The lowest BCUT2D eigenvalue weighted by molar-refractivity contribution is 0.0950. The van der Waals surface area contributed by atoms with Gasteiger partial charge in [-0.25, -0.2) is 8.42 Å². The van der Waals surface area contributed by atoms with E-state index in [1.54, 1.807) is 48.5 Å². The molecule has 168 valence electrons. The molecule has 0 saturated carbocycles. The van der Waals surface area contributed by atoms with E-state index >= 15 is 0 Å². The van der Waals surface area contributed by atoms with Gasteiger partial charge in [-0.1, -0.05) is 48.0 Å². The van der Waals surface area contributed by atoms with Gasteiger partial charge in [-0.3, -0.25) is 4.79 Å². The fourth-order valence-corrected chi connectivity index (χ4v) is 4.40. The summed E-state index contributed by atoms with van der Waals surface area (Å²) in [6.45, 7) is 4.78. The van der Waals surface area contributed by atoms with Gasteiger partial charge in [0.2, 0.25) is 10.0 Å². The molecule has 0 bridgehead atoms. The van der Waals surface area contributed by atoms with Crippen LogP contribution in [0.2, 0.25) is 0 Å². The topological polar surface area (TPSA) is 75.7 Å². The number of hydrogen-bond donors (Lipinski definition) is 1. The van der Waals surface area contributed by atoms with Gasteiger partial charge >= 0.3 is 0 Å². The molecular formula is C25H28N2O4S. The molecule has 0 heterocycles. The van der Waals surface area contributed by atoms with Crippen LogP contribution in [0, 0.1) is 6.92 Å². The minimum Gasteiger partial charge on any atom is -0.494 e. The Morgan fingerprint density at radius 3 is 2.34 bits per heavy atom. The molecule has 0 atom stereocenters. The van der Waals surface area contributed by atoms with Crippen molar-refractivity contribution in [1.29, 1.82) is 0 Å². The number of benzene rings is 3. The minimum atomic E-state index is -3.67. The number of ether oxygens (including phenoxy) is 1. The first-order valence-corrected chi connectivity index (χ1v) is 11.9. The number of nitrogens with zero attached hydrogens (tertiary/aromatic N) is 1. The summed E-state index contributed by atoms with van der Waals surface area (Å²) in [6, 6.07) is 21.3. The van der Waals surface area contributed by atoms with Crippen LogP contribution < -0.4 is 10.1 Å². The highest BCUT2D eigenvalue weighted by molar-refractivity contribution is 7.89. The van der Waals surface area contributed by atoms with Crippen LogP contribution in [0.25, 0.3) is 0 Å². The zero-order valence-electron chi connectivity index (χ0n) is 18.5. The van der Waals surface area contributed by atoms with Crippen molar-refractivity contribution in [3.05, 3.63) is 95.1 Å². The molecule has 0 aliphatic carbocycles. The molecule has 0 fully saturated rings. The molecule has 7 heteroatoms. The Labute approximate surface area is 189 Å². The summed E-state index contributed by atoms with van der Waals surface area (Å²) in [7, 11) is -2.16. The van der Waals surface area contributed by atoms with Crippen LogP contribution in [0.15, 0.2) is 77.7 Å². The molecule has 0 aliphatic rings. The maximum atomic E-state index is 12.9. The van der Waals surface area contributed by atoms with E-state index in [1.807, 2.05) is 38.1 Å². The van der Waals surface area contributed by atoms with Gasteiger partial charge in [-0.05, 0) is 49.7 Å². The molecule has 0 radical (unpaired) electrons. The normalized spacial score (nSPS) is 11.4. The average molecular weight is 453 g/mol. The van der Waals surface area contributed by atoms with Crippen molar-refractivity contribution in [1.82, 2.24) is 9.62 Å². The lowest BCUT2D eigenvalue weighted by Crippen LogP contribution is -2.27. The number of sulfonamides is 1. The van der Waals surface area contributed by atoms with Crippen molar-refractivity contribution in [2.75, 3.05) is 13.7 Å². The highest BCUT2D eigenvalue weighted by Gasteiger charge is 2.22. The van der Waals surface area contributed by atoms with Crippen molar-refractivity contribution in [3.8, 4) is 5.75 Å². The molecule has 3 aromatic carbocycles. The Balaban J connectivity index is 1.79. The molecule has 3 rings (SSSR count). The fraction of sp³-hybridized carbons (Fsp3) is 0.240. The van der Waals surface area contributed by atoms with Gasteiger partial charge in [0.1, 0.15) is 5.75 Å². The fourth-order valence-electron chi connectivity index (χ4n) is 3.23. The largest absolute Gasteiger partial charge is 0.494 e. The van der Waals surface area contributed by atoms with Crippen molar-refractivity contribution in [3.63, 3.8) is 0 Å². The third-order valence-corrected chi connectivity index (χ3v) is 6.86. The summed E-state index contributed by atoms with van der Waals surface area (Å²) < 4.78 is 32.8. The third-order valence-electron chi connectivity index (χ3n) is 5.04. The van der Waals surface area contributed by atoms with Gasteiger partial charge in [0, 0.05) is 31.3 Å². The molecule has 0 spiro atoms. The molecule has 0 unspecified atom stereocenters. The van der Waals surface area contributed by atoms with Crippen molar-refractivity contribution in [2.45, 2.75) is 31.8 Å². The lowest BCUT2D eigenvalue weighted by Gasteiger charge is -2.20. The first-order chi connectivity index (χ1) is 15.3. The summed E-state index contributed by atoms with van der Waals surface area (Å²) in [6.07, 6.45) is 0. The van der Waals surface area contributed by atoms with Crippen molar-refractivity contribution in [2.24, 2.45) is 0 Å². The van der Waals surface area contributed by atoms with E-state index < -0.39 is 10.0 Å². The maximum Gasteiger partial charge on any atom is 0.251 e. The zero-order valence-corrected chi connectivity index (χ0v) is 19.4. The SMILES string of the molecule is CCOc1ccc(C(=O)NCc2ccc(C)cc2)cc1CN(C)S(=O)(=O)c1ccccc1. The van der Waals surface area contributed by atoms with E-state index in [0.29, 0.717) is 30.0 Å². The smallest absolute Gasteiger partial charge is 0.251 e. The van der Waals surface area contributed by atoms with Crippen LogP contribution in [-0.4, -0.2) is 32.3 Å². The summed E-state index contributed by atoms with van der Waals surface area (Å²) in [5.41, 5.74) is 3.23. The van der Waals surface area contributed by atoms with E-state index in [-0.39, 0.29) is 17.3 Å². The molecule has 6 nitrogen and oxygen atoms in total. The van der Waals surface area contributed by atoms with Crippen LogP contribution >= 0.6 is 0 Å². The first-order valence-electron chi connectivity index (χ1n) is 10.4. The Kier molecular flexibility index (Phi) is 7.66. The highest BCUT2D eigenvalue weighted by atomic mass is 32.2. The van der Waals surface area contributed by atoms with Crippen LogP contribution in [0.5, 0.6) is 5.75 Å². The summed E-state index contributed by atoms with van der Waals surface area (Å²) in [5.74, 6) is 0.320. The molecule has 1 N–H and O–H groups in total. The Hall–Kier alpha value is -3.16. The second kappa shape index (κ2) is 10.4. The van der Waals surface area contributed by atoms with Crippen LogP contribution in [0.4, 0.5) is 0 Å². The predicted octanol–water partition coefficient (Wildman–Crippen LogP) is 4.14. The number of carbonyl (C=O) groups is 1. The highest BCUT2D eigenvalue weighted by Crippen LogP contribution is 2.24. The summed E-state index contributed by atoms with van der Waals surface area (Å²) in [4.78, 5) is 12.9. The maximum absolute atomic E-state index is 12.9. The van der Waals surface area contributed by atoms with Gasteiger partial charge in [0.15, 0.2) is 0 Å². The van der Waals surface area contributed by atoms with E-state index in [0.717, 1.165) is 11.1 Å². The number of rotatable bonds is 9. The van der Waals surface area contributed by atoms with Gasteiger partial charge in [0.25, 0.3) is 5.91 Å². The number of carbonyl (C=O) groups excluding carboxylic acids is 1. The quantitative estimate of drug-likeness (QED) is 0.529. The molecule has 0 saturated heterocycles. The van der Waals surface area contributed by atoms with Crippen molar-refractivity contribution < 1.29 is 17.9 Å². The Morgan fingerprint density at radius 2 is 1.69 bits per heavy atom. The van der Waals surface area contributed by atoms with Crippen LogP contribution in [-0.2, 0) is 23.1 Å². The number of amides is 1. The minimum absolute atomic E-state index is 0.0750. The summed E-state index contributed by atoms with van der Waals surface area (Å²) in [5, 5.41) is 2.91. The van der Waals surface area contributed by atoms with Gasteiger partial charge < -0.3 is 10.1 Å². The lowest BCUT2D eigenvalue weighted by atomic mass is 10.1. The number of hydrogen-bond acceptors (Lipinski definition) is 4. The molecule has 0 aliphatic heterocycles. The number of aryl methyl sites for hydroxylation is 1. The zero-order chi connectivity index (χ0) is 23.1. The van der Waals surface area contributed by atoms with E-state index in [9.17, 15) is 13.2 Å². The third kappa shape index (κ3) is 5.75. The Bertz CT molecular complexity index is 1160. The van der Waals surface area contributed by atoms with Gasteiger partial charge in [-0.15, -0.1) is 0 Å². The summed E-state index contributed by atoms with van der Waals surface area (Å²) >= 11 is 0.